The summed E-state index contributed by atoms with van der Waals surface area (Å²) in [4.78, 5) is 0. The van der Waals surface area contributed by atoms with Gasteiger partial charge in [-0.1, -0.05) is 47.6 Å². The Morgan fingerprint density at radius 3 is 1.55 bits per heavy atom. The van der Waals surface area contributed by atoms with Gasteiger partial charge in [-0.15, -0.1) is 0 Å². The fourth-order valence-electron chi connectivity index (χ4n) is 5.79. The first kappa shape index (κ1) is 20.8. The molecular weight excluding hydrogens is 428 g/mol. The Kier molecular flexibility index (Phi) is 6.86. The van der Waals surface area contributed by atoms with Crippen LogP contribution in [0, 0.1) is 11.8 Å². The number of hydrogen-bond donors (Lipinski definition) is 0. The van der Waals surface area contributed by atoms with Gasteiger partial charge in [0, 0.05) is 0 Å². The predicted octanol–water partition coefficient (Wildman–Crippen LogP) is 7.57. The van der Waals surface area contributed by atoms with E-state index in [4.69, 9.17) is 0 Å². The second kappa shape index (κ2) is 9.57. The summed E-state index contributed by atoms with van der Waals surface area (Å²) in [5.41, 5.74) is 6.40. The van der Waals surface area contributed by atoms with Crippen LogP contribution >= 0.6 is 0 Å². The van der Waals surface area contributed by atoms with Crippen LogP contribution in [-0.4, -0.2) is 0 Å². The van der Waals surface area contributed by atoms with Gasteiger partial charge < -0.3 is 0 Å². The molecular formula is C28H30Zr. The quantitative estimate of drug-likeness (QED) is 0.408. The van der Waals surface area contributed by atoms with Gasteiger partial charge in [-0.25, -0.2) is 24.3 Å². The van der Waals surface area contributed by atoms with Crippen LogP contribution in [0.5, 0.6) is 0 Å². The Morgan fingerprint density at radius 1 is 0.655 bits per heavy atom. The van der Waals surface area contributed by atoms with Crippen molar-refractivity contribution in [3.05, 3.63) is 107 Å². The molecule has 4 atom stereocenters. The molecule has 2 aromatic carbocycles. The van der Waals surface area contributed by atoms with Crippen molar-refractivity contribution in [1.29, 1.82) is 0 Å². The molecule has 2 saturated carbocycles. The number of rotatable bonds is 2. The molecule has 0 aromatic heterocycles. The van der Waals surface area contributed by atoms with Crippen LogP contribution in [0.4, 0.5) is 0 Å². The first-order valence-electron chi connectivity index (χ1n) is 11.1. The van der Waals surface area contributed by atoms with Gasteiger partial charge in [0.2, 0.25) is 0 Å². The monoisotopic (exact) mass is 456 g/mol. The number of fused-ring (bicyclic) bond motifs is 2. The summed E-state index contributed by atoms with van der Waals surface area (Å²) in [6.07, 6.45) is 21.8. The Labute approximate surface area is 195 Å². The van der Waals surface area contributed by atoms with Gasteiger partial charge in [-0.05, 0) is 62.2 Å². The summed E-state index contributed by atoms with van der Waals surface area (Å²) in [7, 11) is 0. The van der Waals surface area contributed by atoms with Crippen molar-refractivity contribution in [3.63, 3.8) is 0 Å². The van der Waals surface area contributed by atoms with E-state index < -0.39 is 0 Å². The van der Waals surface area contributed by atoms with E-state index in [1.165, 1.54) is 49.7 Å². The smallest absolute Gasteiger partial charge is 0.213 e. The molecule has 2 aromatic rings. The molecule has 0 aliphatic heterocycles. The van der Waals surface area contributed by atoms with Gasteiger partial charge in [-0.3, -0.25) is 0 Å². The first-order valence-corrected chi connectivity index (χ1v) is 11.1. The zero-order chi connectivity index (χ0) is 18.8. The maximum atomic E-state index is 2.35. The summed E-state index contributed by atoms with van der Waals surface area (Å²) < 4.78 is 0. The van der Waals surface area contributed by atoms with Gasteiger partial charge in [0.25, 0.3) is 0 Å². The molecule has 0 nitrogen and oxygen atoms in total. The van der Waals surface area contributed by atoms with Crippen LogP contribution in [0.25, 0.3) is 0 Å². The summed E-state index contributed by atoms with van der Waals surface area (Å²) >= 11 is 0. The molecule has 0 bridgehead atoms. The SMILES string of the molecule is C1=CCC2CCC(c3ccc[cH-]3)C2=C1.C1=CCC2CCC(c3ccc[cH-]3)C2=C1.[Zr+2]. The summed E-state index contributed by atoms with van der Waals surface area (Å²) in [6, 6.07) is 17.7. The third-order valence-corrected chi connectivity index (χ3v) is 7.23. The molecule has 0 radical (unpaired) electrons. The van der Waals surface area contributed by atoms with Crippen LogP contribution in [-0.2, 0) is 26.2 Å². The molecule has 6 rings (SSSR count). The molecule has 2 fully saturated rings. The second-order valence-corrected chi connectivity index (χ2v) is 8.75. The van der Waals surface area contributed by atoms with E-state index in [1.807, 2.05) is 0 Å². The zero-order valence-corrected chi connectivity index (χ0v) is 19.6. The van der Waals surface area contributed by atoms with Gasteiger partial charge in [0.05, 0.1) is 0 Å². The molecule has 0 saturated heterocycles. The maximum absolute atomic E-state index is 2.35. The van der Waals surface area contributed by atoms with Crippen molar-refractivity contribution < 1.29 is 26.2 Å². The molecule has 4 unspecified atom stereocenters. The largest absolute Gasteiger partial charge is 2.00 e. The molecule has 4 aliphatic rings. The Bertz CT molecular complexity index is 812. The minimum atomic E-state index is 0. The van der Waals surface area contributed by atoms with Crippen molar-refractivity contribution in [1.82, 2.24) is 0 Å². The third kappa shape index (κ3) is 4.36. The van der Waals surface area contributed by atoms with Crippen molar-refractivity contribution in [2.75, 3.05) is 0 Å². The molecule has 0 amide bonds. The third-order valence-electron chi connectivity index (χ3n) is 7.23. The predicted molar refractivity (Wildman–Crippen MR) is 119 cm³/mol. The van der Waals surface area contributed by atoms with E-state index in [-0.39, 0.29) is 26.2 Å². The summed E-state index contributed by atoms with van der Waals surface area (Å²) in [6.45, 7) is 0. The van der Waals surface area contributed by atoms with Crippen LogP contribution in [0.1, 0.15) is 61.5 Å². The standard InChI is InChI=1S/2C14H15.Zr/c2*1-2-6-11(5-1)14-10-9-12-7-3-4-8-13(12)14;/h2*1-6,8,12,14H,7,9-10H2;/q2*-1;+2. The van der Waals surface area contributed by atoms with Crippen molar-refractivity contribution in [2.24, 2.45) is 11.8 Å². The van der Waals surface area contributed by atoms with Crippen molar-refractivity contribution >= 4 is 0 Å². The van der Waals surface area contributed by atoms with Crippen LogP contribution in [0.3, 0.4) is 0 Å². The van der Waals surface area contributed by atoms with Crippen LogP contribution in [0.15, 0.2) is 96.1 Å². The van der Waals surface area contributed by atoms with E-state index in [9.17, 15) is 0 Å². The average molecular weight is 458 g/mol. The summed E-state index contributed by atoms with van der Waals surface area (Å²) in [5.74, 6) is 3.14. The van der Waals surface area contributed by atoms with Crippen LogP contribution < -0.4 is 0 Å². The molecule has 1 heteroatoms. The van der Waals surface area contributed by atoms with Gasteiger partial charge >= 0.3 is 26.2 Å². The minimum absolute atomic E-state index is 0. The molecule has 0 heterocycles. The van der Waals surface area contributed by atoms with E-state index in [1.54, 1.807) is 11.1 Å². The molecule has 4 aliphatic carbocycles. The zero-order valence-electron chi connectivity index (χ0n) is 17.1. The fourth-order valence-corrected chi connectivity index (χ4v) is 5.79. The van der Waals surface area contributed by atoms with Crippen molar-refractivity contribution in [3.8, 4) is 0 Å². The van der Waals surface area contributed by atoms with Gasteiger partial charge in [-0.2, -0.15) is 35.4 Å². The van der Waals surface area contributed by atoms with E-state index in [2.05, 4.69) is 85.0 Å². The molecule has 29 heavy (non-hydrogen) atoms. The van der Waals surface area contributed by atoms with Gasteiger partial charge in [0.15, 0.2) is 0 Å². The summed E-state index contributed by atoms with van der Waals surface area (Å²) in [5, 5.41) is 0. The van der Waals surface area contributed by atoms with E-state index in [0.29, 0.717) is 0 Å². The van der Waals surface area contributed by atoms with Crippen molar-refractivity contribution in [2.45, 2.75) is 50.4 Å². The first-order chi connectivity index (χ1) is 13.9. The topological polar surface area (TPSA) is 0 Å². The molecule has 0 spiro atoms. The number of allylic oxidation sites excluding steroid dienone is 8. The second-order valence-electron chi connectivity index (χ2n) is 8.75. The Balaban J connectivity index is 0.000000137. The van der Waals surface area contributed by atoms with Crippen LogP contribution in [0.2, 0.25) is 0 Å². The van der Waals surface area contributed by atoms with Gasteiger partial charge in [0.1, 0.15) is 0 Å². The Morgan fingerprint density at radius 2 is 1.14 bits per heavy atom. The molecule has 146 valence electrons. The average Bonchev–Trinajstić information content (AvgIpc) is 3.54. The number of hydrogen-bond acceptors (Lipinski definition) is 0. The van der Waals surface area contributed by atoms with E-state index >= 15 is 0 Å². The van der Waals surface area contributed by atoms with E-state index in [0.717, 1.165) is 23.7 Å². The maximum Gasteiger partial charge on any atom is 2.00 e. The minimum Gasteiger partial charge on any atom is -0.213 e. The molecule has 0 N–H and O–H groups in total. The Hall–Kier alpha value is -1.46. The normalized spacial score (nSPS) is 29.1. The fraction of sp³-hybridized carbons (Fsp3) is 0.357.